The lowest BCUT2D eigenvalue weighted by atomic mass is 10.3. The molecule has 0 N–H and O–H groups in total. The quantitative estimate of drug-likeness (QED) is 0.289. The Morgan fingerprint density at radius 1 is 0.950 bits per heavy atom. The van der Waals surface area contributed by atoms with Crippen molar-refractivity contribution >= 4 is 35.2 Å². The number of hydrogen-bond donors (Lipinski definition) is 0. The average Bonchev–Trinajstić information content (AvgIpc) is 2.58. The number of allylic oxidation sites excluding steroid dienone is 6. The molecule has 1 aliphatic heterocycles. The summed E-state index contributed by atoms with van der Waals surface area (Å²) in [6, 6.07) is 8.56. The first-order chi connectivity index (χ1) is 9.43. The van der Waals surface area contributed by atoms with E-state index in [1.807, 2.05) is 23.1 Å². The maximum atomic E-state index is 9.75. The molecule has 20 heavy (non-hydrogen) atoms. The molecule has 0 unspecified atom stereocenters. The second-order valence-electron chi connectivity index (χ2n) is 3.78. The van der Waals surface area contributed by atoms with Crippen molar-refractivity contribution in [2.75, 3.05) is 0 Å². The molecule has 0 nitrogen and oxygen atoms in total. The van der Waals surface area contributed by atoms with Crippen molar-refractivity contribution in [3.05, 3.63) is 59.6 Å². The molecule has 0 saturated heterocycles. The van der Waals surface area contributed by atoms with Crippen LogP contribution >= 0.6 is 11.8 Å². The Bertz CT molecular complexity index is 609. The second kappa shape index (κ2) is 6.41. The highest BCUT2D eigenvalue weighted by Crippen LogP contribution is 2.35. The normalized spacial score (nSPS) is 16.0. The van der Waals surface area contributed by atoms with Crippen molar-refractivity contribution in [3.63, 3.8) is 0 Å². The average molecular weight is 316 g/mol. The van der Waals surface area contributed by atoms with E-state index >= 15 is 0 Å². The van der Waals surface area contributed by atoms with Crippen molar-refractivity contribution < 1.29 is 17.3 Å². The summed E-state index contributed by atoms with van der Waals surface area (Å²) in [5.41, 5.74) is 0. The molecule has 1 aromatic rings. The van der Waals surface area contributed by atoms with Crippen molar-refractivity contribution in [3.8, 4) is 0 Å². The Balaban J connectivity index is 0.000000257. The van der Waals surface area contributed by atoms with Crippen LogP contribution in [0.1, 0.15) is 0 Å². The van der Waals surface area contributed by atoms with Gasteiger partial charge < -0.3 is 17.3 Å². The van der Waals surface area contributed by atoms with Crippen LogP contribution in [0.4, 0.5) is 17.3 Å². The minimum Gasteiger partial charge on any atom is -0.418 e. The summed E-state index contributed by atoms with van der Waals surface area (Å²) in [7, 11) is -6.00. The SMILES string of the molecule is C1=CC=C2Sc3ccccc3[S+]=C2C=C1.F[B-](F)(F)F. The molecule has 0 fully saturated rings. The van der Waals surface area contributed by atoms with E-state index in [0.29, 0.717) is 0 Å². The molecule has 104 valence electrons. The van der Waals surface area contributed by atoms with E-state index < -0.39 is 7.25 Å². The summed E-state index contributed by atoms with van der Waals surface area (Å²) in [4.78, 5) is 5.43. The van der Waals surface area contributed by atoms with Crippen LogP contribution in [-0.4, -0.2) is 12.1 Å². The topological polar surface area (TPSA) is 0 Å². The van der Waals surface area contributed by atoms with Crippen molar-refractivity contribution in [1.29, 1.82) is 0 Å². The Hall–Kier alpha value is -1.34. The summed E-state index contributed by atoms with van der Waals surface area (Å²) >= 11 is 3.71. The molecule has 0 spiro atoms. The highest BCUT2D eigenvalue weighted by atomic mass is 32.2. The summed E-state index contributed by atoms with van der Waals surface area (Å²) in [5.74, 6) is 0. The van der Waals surface area contributed by atoms with Gasteiger partial charge in [0.15, 0.2) is 0 Å². The highest BCUT2D eigenvalue weighted by Gasteiger charge is 2.26. The first-order valence-electron chi connectivity index (χ1n) is 5.68. The van der Waals surface area contributed by atoms with E-state index in [1.54, 1.807) is 0 Å². The minimum absolute atomic E-state index is 1.35. The second-order valence-corrected chi connectivity index (χ2v) is 5.95. The van der Waals surface area contributed by atoms with Gasteiger partial charge in [-0.25, -0.2) is 0 Å². The number of halogens is 4. The fourth-order valence-corrected chi connectivity index (χ4v) is 3.77. The molecule has 0 amide bonds. The first-order valence-corrected chi connectivity index (χ1v) is 7.31. The molecule has 0 radical (unpaired) electrons. The zero-order chi connectivity index (χ0) is 14.6. The van der Waals surface area contributed by atoms with Gasteiger partial charge in [-0.1, -0.05) is 42.1 Å². The van der Waals surface area contributed by atoms with E-state index in [2.05, 4.69) is 54.6 Å². The zero-order valence-corrected chi connectivity index (χ0v) is 11.7. The lowest BCUT2D eigenvalue weighted by Gasteiger charge is -2.05. The summed E-state index contributed by atoms with van der Waals surface area (Å²) in [6.45, 7) is 0. The Morgan fingerprint density at radius 3 is 2.40 bits per heavy atom. The van der Waals surface area contributed by atoms with Gasteiger partial charge in [0.2, 0.25) is 21.1 Å². The molecule has 1 aromatic carbocycles. The lowest BCUT2D eigenvalue weighted by molar-refractivity contribution is 0.368. The van der Waals surface area contributed by atoms with Crippen LogP contribution in [0.2, 0.25) is 0 Å². The van der Waals surface area contributed by atoms with E-state index in [-0.39, 0.29) is 0 Å². The Morgan fingerprint density at radius 2 is 1.65 bits per heavy atom. The molecule has 1 heterocycles. The summed E-state index contributed by atoms with van der Waals surface area (Å²) in [5, 5.41) is 0. The van der Waals surface area contributed by atoms with Crippen LogP contribution in [0.25, 0.3) is 0 Å². The van der Waals surface area contributed by atoms with Gasteiger partial charge in [-0.05, 0) is 12.1 Å². The van der Waals surface area contributed by atoms with Gasteiger partial charge in [0, 0.05) is 12.1 Å². The van der Waals surface area contributed by atoms with Gasteiger partial charge >= 0.3 is 7.25 Å². The molecule has 0 bridgehead atoms. The third kappa shape index (κ3) is 4.65. The van der Waals surface area contributed by atoms with Gasteiger partial charge in [0.05, 0.1) is 9.80 Å². The van der Waals surface area contributed by atoms with Crippen LogP contribution in [0.3, 0.4) is 0 Å². The highest BCUT2D eigenvalue weighted by molar-refractivity contribution is 8.06. The third-order valence-electron chi connectivity index (χ3n) is 2.25. The molecular formula is C13H9BF4S2. The monoisotopic (exact) mass is 316 g/mol. The van der Waals surface area contributed by atoms with Crippen LogP contribution in [0.15, 0.2) is 69.3 Å². The van der Waals surface area contributed by atoms with E-state index in [1.165, 1.54) is 19.6 Å². The predicted molar refractivity (Wildman–Crippen MR) is 79.5 cm³/mol. The number of benzene rings is 1. The first kappa shape index (κ1) is 15.1. The van der Waals surface area contributed by atoms with Crippen molar-refractivity contribution in [2.45, 2.75) is 9.79 Å². The van der Waals surface area contributed by atoms with Crippen LogP contribution < -0.4 is 0 Å². The molecular weight excluding hydrogens is 307 g/mol. The standard InChI is InChI=1S/C13H9S2.BF4/c1-2-6-10-11(7-3-1)15-13-9-5-4-8-12(13)14-10;2-1(3,4)5/h1-9H;/q+1;-1. The van der Waals surface area contributed by atoms with Crippen molar-refractivity contribution in [2.24, 2.45) is 0 Å². The van der Waals surface area contributed by atoms with Gasteiger partial charge in [-0.3, -0.25) is 0 Å². The van der Waals surface area contributed by atoms with E-state index in [4.69, 9.17) is 0 Å². The number of thioether (sulfide) groups is 1. The predicted octanol–water partition coefficient (Wildman–Crippen LogP) is 4.72. The molecule has 2 aliphatic rings. The maximum absolute atomic E-state index is 9.75. The summed E-state index contributed by atoms with van der Waals surface area (Å²) in [6.07, 6.45) is 10.6. The lowest BCUT2D eigenvalue weighted by Crippen LogP contribution is -2.03. The molecule has 1 aliphatic carbocycles. The van der Waals surface area contributed by atoms with Gasteiger partial charge in [-0.15, -0.1) is 0 Å². The maximum Gasteiger partial charge on any atom is 0.673 e. The third-order valence-corrected chi connectivity index (χ3v) is 4.81. The smallest absolute Gasteiger partial charge is 0.418 e. The molecule has 0 saturated carbocycles. The van der Waals surface area contributed by atoms with Crippen LogP contribution in [0.5, 0.6) is 0 Å². The van der Waals surface area contributed by atoms with Gasteiger partial charge in [-0.2, -0.15) is 0 Å². The molecule has 7 heteroatoms. The largest absolute Gasteiger partial charge is 0.673 e. The fourth-order valence-electron chi connectivity index (χ4n) is 1.54. The number of hydrogen-bond acceptors (Lipinski definition) is 1. The van der Waals surface area contributed by atoms with Gasteiger partial charge in [0.1, 0.15) is 0 Å². The molecule has 0 atom stereocenters. The Kier molecular flexibility index (Phi) is 4.83. The van der Waals surface area contributed by atoms with E-state index in [9.17, 15) is 17.3 Å². The Labute approximate surface area is 122 Å². The summed E-state index contributed by atoms with van der Waals surface area (Å²) < 4.78 is 39.0. The zero-order valence-electron chi connectivity index (χ0n) is 10.1. The van der Waals surface area contributed by atoms with Gasteiger partial charge in [0.25, 0.3) is 0 Å². The van der Waals surface area contributed by atoms with Crippen molar-refractivity contribution in [1.82, 2.24) is 0 Å². The molecule has 3 rings (SSSR count). The van der Waals surface area contributed by atoms with E-state index in [0.717, 1.165) is 0 Å². The van der Waals surface area contributed by atoms with Crippen LogP contribution in [-0.2, 0) is 11.4 Å². The minimum atomic E-state index is -6.00. The molecule has 0 aromatic heterocycles. The number of fused-ring (bicyclic) bond motifs is 2. The van der Waals surface area contributed by atoms with Crippen LogP contribution in [0, 0.1) is 0 Å². The number of rotatable bonds is 0. The fraction of sp³-hybridized carbons (Fsp3) is 0.